The summed E-state index contributed by atoms with van der Waals surface area (Å²) in [6.45, 7) is 6.57. The summed E-state index contributed by atoms with van der Waals surface area (Å²) in [6.07, 6.45) is 2.04. The summed E-state index contributed by atoms with van der Waals surface area (Å²) in [5.74, 6) is 0.907. The highest BCUT2D eigenvalue weighted by atomic mass is 79.9. The Kier molecular flexibility index (Phi) is 6.74. The highest BCUT2D eigenvalue weighted by molar-refractivity contribution is 9.10. The number of methoxy groups -OCH3 is 1. The SMILES string of the molecule is COC(=O)N[C@H](C(=O)N1C[C@@H](C)CC1c1ncc(-c2ccc3ccc(Br)cc3c2)[nH]1)C(C)C. The van der Waals surface area contributed by atoms with Gasteiger partial charge in [-0.2, -0.15) is 0 Å². The van der Waals surface area contributed by atoms with Gasteiger partial charge in [-0.25, -0.2) is 9.78 Å². The van der Waals surface area contributed by atoms with E-state index >= 15 is 0 Å². The van der Waals surface area contributed by atoms with Gasteiger partial charge in [-0.1, -0.05) is 54.9 Å². The Morgan fingerprint density at radius 3 is 2.70 bits per heavy atom. The molecule has 0 spiro atoms. The summed E-state index contributed by atoms with van der Waals surface area (Å²) in [6, 6.07) is 11.7. The number of halogens is 1. The van der Waals surface area contributed by atoms with Crippen LogP contribution in [-0.2, 0) is 9.53 Å². The Balaban J connectivity index is 1.60. The normalized spacial score (nSPS) is 19.2. The molecule has 1 aliphatic rings. The molecule has 7 nitrogen and oxygen atoms in total. The van der Waals surface area contributed by atoms with Crippen LogP contribution in [0.3, 0.4) is 0 Å². The van der Waals surface area contributed by atoms with Crippen LogP contribution in [0.15, 0.2) is 47.1 Å². The summed E-state index contributed by atoms with van der Waals surface area (Å²) >= 11 is 3.54. The maximum atomic E-state index is 13.4. The number of H-pyrrole nitrogens is 1. The second kappa shape index (κ2) is 9.55. The van der Waals surface area contributed by atoms with Crippen LogP contribution in [0.25, 0.3) is 22.0 Å². The van der Waals surface area contributed by atoms with Crippen molar-refractivity contribution in [2.45, 2.75) is 39.3 Å². The quantitative estimate of drug-likeness (QED) is 0.486. The van der Waals surface area contributed by atoms with Crippen molar-refractivity contribution in [3.63, 3.8) is 0 Å². The fourth-order valence-corrected chi connectivity index (χ4v) is 4.84. The largest absolute Gasteiger partial charge is 0.453 e. The van der Waals surface area contributed by atoms with E-state index in [1.54, 1.807) is 0 Å². The molecule has 33 heavy (non-hydrogen) atoms. The van der Waals surface area contributed by atoms with E-state index in [-0.39, 0.29) is 17.9 Å². The van der Waals surface area contributed by atoms with Gasteiger partial charge in [0.25, 0.3) is 0 Å². The molecule has 174 valence electrons. The molecule has 0 saturated carbocycles. The lowest BCUT2D eigenvalue weighted by Crippen LogP contribution is -2.51. The molecule has 1 aromatic heterocycles. The number of fused-ring (bicyclic) bond motifs is 1. The van der Waals surface area contributed by atoms with Crippen LogP contribution in [0.4, 0.5) is 4.79 Å². The van der Waals surface area contributed by atoms with E-state index < -0.39 is 12.1 Å². The third-order valence-electron chi connectivity index (χ3n) is 6.21. The van der Waals surface area contributed by atoms with Gasteiger partial charge in [0, 0.05) is 16.6 Å². The molecule has 2 amide bonds. The lowest BCUT2D eigenvalue weighted by molar-refractivity contribution is -0.135. The van der Waals surface area contributed by atoms with Crippen LogP contribution in [0.5, 0.6) is 0 Å². The number of amides is 2. The molecule has 0 radical (unpaired) electrons. The number of nitrogens with zero attached hydrogens (tertiary/aromatic N) is 2. The average Bonchev–Trinajstić information content (AvgIpc) is 3.42. The van der Waals surface area contributed by atoms with Gasteiger partial charge in [0.05, 0.1) is 25.0 Å². The molecular weight excluding hydrogens is 484 g/mol. The zero-order chi connectivity index (χ0) is 23.7. The molecule has 3 aromatic rings. The van der Waals surface area contributed by atoms with E-state index in [1.165, 1.54) is 12.5 Å². The molecule has 0 aliphatic carbocycles. The molecule has 2 aromatic carbocycles. The minimum absolute atomic E-state index is 0.0720. The van der Waals surface area contributed by atoms with Crippen molar-refractivity contribution in [2.24, 2.45) is 11.8 Å². The smallest absolute Gasteiger partial charge is 0.407 e. The van der Waals surface area contributed by atoms with E-state index in [1.807, 2.05) is 31.0 Å². The first-order valence-electron chi connectivity index (χ1n) is 11.2. The number of imidazole rings is 1. The Hall–Kier alpha value is -2.87. The molecule has 1 fully saturated rings. The number of hydrogen-bond donors (Lipinski definition) is 2. The molecule has 2 N–H and O–H groups in total. The first-order chi connectivity index (χ1) is 15.8. The van der Waals surface area contributed by atoms with Crippen LogP contribution < -0.4 is 5.32 Å². The van der Waals surface area contributed by atoms with Crippen LogP contribution in [0, 0.1) is 11.8 Å². The average molecular weight is 513 g/mol. The number of carbonyl (C=O) groups is 2. The maximum absolute atomic E-state index is 13.4. The van der Waals surface area contributed by atoms with Gasteiger partial charge in [-0.3, -0.25) is 4.79 Å². The third kappa shape index (κ3) is 4.90. The lowest BCUT2D eigenvalue weighted by atomic mass is 10.0. The lowest BCUT2D eigenvalue weighted by Gasteiger charge is -2.30. The Morgan fingerprint density at radius 2 is 1.97 bits per heavy atom. The molecule has 8 heteroatoms. The van der Waals surface area contributed by atoms with E-state index in [2.05, 4.69) is 68.5 Å². The van der Waals surface area contributed by atoms with E-state index in [9.17, 15) is 9.59 Å². The van der Waals surface area contributed by atoms with Crippen molar-refractivity contribution < 1.29 is 14.3 Å². The van der Waals surface area contributed by atoms with Crippen molar-refractivity contribution in [1.82, 2.24) is 20.2 Å². The van der Waals surface area contributed by atoms with E-state index in [0.717, 1.165) is 33.4 Å². The number of rotatable bonds is 5. The highest BCUT2D eigenvalue weighted by Crippen LogP contribution is 2.36. The van der Waals surface area contributed by atoms with E-state index in [0.29, 0.717) is 12.5 Å². The van der Waals surface area contributed by atoms with Gasteiger partial charge < -0.3 is 19.9 Å². The maximum Gasteiger partial charge on any atom is 0.407 e. The zero-order valence-corrected chi connectivity index (χ0v) is 20.8. The third-order valence-corrected chi connectivity index (χ3v) is 6.70. The summed E-state index contributed by atoms with van der Waals surface area (Å²) in [7, 11) is 1.30. The minimum Gasteiger partial charge on any atom is -0.453 e. The minimum atomic E-state index is -0.654. The van der Waals surface area contributed by atoms with Crippen molar-refractivity contribution >= 4 is 38.7 Å². The van der Waals surface area contributed by atoms with Gasteiger partial charge in [-0.05, 0) is 47.2 Å². The number of aromatic nitrogens is 2. The molecule has 2 heterocycles. The first-order valence-corrected chi connectivity index (χ1v) is 12.0. The molecule has 1 aliphatic heterocycles. The van der Waals surface area contributed by atoms with Crippen LogP contribution in [0.2, 0.25) is 0 Å². The summed E-state index contributed by atoms with van der Waals surface area (Å²) in [4.78, 5) is 35.2. The number of ether oxygens (including phenoxy) is 1. The number of nitrogens with one attached hydrogen (secondary N) is 2. The second-order valence-electron chi connectivity index (χ2n) is 9.09. The highest BCUT2D eigenvalue weighted by Gasteiger charge is 2.40. The van der Waals surface area contributed by atoms with Crippen molar-refractivity contribution in [2.75, 3.05) is 13.7 Å². The van der Waals surface area contributed by atoms with Crippen LogP contribution in [-0.4, -0.2) is 46.6 Å². The van der Waals surface area contributed by atoms with Crippen LogP contribution >= 0.6 is 15.9 Å². The fraction of sp³-hybridized carbons (Fsp3) is 0.400. The first kappa shape index (κ1) is 23.3. The number of benzene rings is 2. The van der Waals surface area contributed by atoms with E-state index in [4.69, 9.17) is 4.74 Å². The summed E-state index contributed by atoms with van der Waals surface area (Å²) in [5, 5.41) is 5.00. The number of aromatic amines is 1. The molecule has 3 atom stereocenters. The van der Waals surface area contributed by atoms with Crippen molar-refractivity contribution in [3.05, 3.63) is 52.9 Å². The second-order valence-corrected chi connectivity index (χ2v) is 10.0. The number of likely N-dealkylation sites (tertiary alicyclic amines) is 1. The topological polar surface area (TPSA) is 87.3 Å². The monoisotopic (exact) mass is 512 g/mol. The Morgan fingerprint density at radius 1 is 1.21 bits per heavy atom. The van der Waals surface area contributed by atoms with Gasteiger partial charge in [0.1, 0.15) is 11.9 Å². The van der Waals surface area contributed by atoms with Crippen molar-refractivity contribution in [3.8, 4) is 11.3 Å². The number of alkyl carbamates (subject to hydrolysis) is 1. The fourth-order valence-electron chi connectivity index (χ4n) is 4.46. The van der Waals surface area contributed by atoms with Gasteiger partial charge in [-0.15, -0.1) is 0 Å². The predicted octanol–water partition coefficient (Wildman–Crippen LogP) is 5.28. The molecule has 4 rings (SSSR count). The predicted molar refractivity (Wildman–Crippen MR) is 132 cm³/mol. The van der Waals surface area contributed by atoms with Gasteiger partial charge in [0.15, 0.2) is 0 Å². The van der Waals surface area contributed by atoms with Crippen LogP contribution in [0.1, 0.15) is 39.1 Å². The molecule has 1 unspecified atom stereocenters. The van der Waals surface area contributed by atoms with Crippen molar-refractivity contribution in [1.29, 1.82) is 0 Å². The zero-order valence-electron chi connectivity index (χ0n) is 19.3. The number of carbonyl (C=O) groups excluding carboxylic acids is 2. The van der Waals surface area contributed by atoms with Gasteiger partial charge >= 0.3 is 6.09 Å². The summed E-state index contributed by atoms with van der Waals surface area (Å²) in [5.41, 5.74) is 1.95. The standard InChI is InChI=1S/C25H29BrN4O3/c1-14(2)22(29-25(32)33-4)24(31)30-13-15(3)9-21(30)23-27-12-20(28-23)17-6-5-16-7-8-19(26)11-18(16)10-17/h5-8,10-12,14-15,21-22H,9,13H2,1-4H3,(H,27,28)(H,29,32)/t15-,21?,22-/m0/s1. The number of hydrogen-bond acceptors (Lipinski definition) is 4. The molecule has 0 bridgehead atoms. The molecular formula is C25H29BrN4O3. The Labute approximate surface area is 202 Å². The Bertz CT molecular complexity index is 1180. The molecule has 1 saturated heterocycles. The van der Waals surface area contributed by atoms with Gasteiger partial charge in [0.2, 0.25) is 5.91 Å². The summed E-state index contributed by atoms with van der Waals surface area (Å²) < 4.78 is 5.76.